The monoisotopic (exact) mass is 269 g/mol. The highest BCUT2D eigenvalue weighted by Gasteiger charge is 2.07. The summed E-state index contributed by atoms with van der Waals surface area (Å²) in [5.41, 5.74) is 2.03. The van der Waals surface area contributed by atoms with E-state index in [2.05, 4.69) is 29.0 Å². The lowest BCUT2D eigenvalue weighted by atomic mass is 10.0. The number of nitrogens with one attached hydrogen (secondary N) is 2. The van der Waals surface area contributed by atoms with Gasteiger partial charge in [0.25, 0.3) is 0 Å². The van der Waals surface area contributed by atoms with Gasteiger partial charge >= 0.3 is 0 Å². The van der Waals surface area contributed by atoms with Gasteiger partial charge in [-0.05, 0) is 36.6 Å². The number of allylic oxidation sites excluding steroid dienone is 4. The second-order valence-corrected chi connectivity index (χ2v) is 4.53. The highest BCUT2D eigenvalue weighted by atomic mass is 16.1. The lowest BCUT2D eigenvalue weighted by Crippen LogP contribution is -2.13. The summed E-state index contributed by atoms with van der Waals surface area (Å²) in [5, 5.41) is 10.4. The number of carbonyl (C=O) groups is 1. The molecule has 2 rings (SSSR count). The Hall–Kier alpha value is -2.49. The molecule has 0 saturated carbocycles. The number of aromatic nitrogens is 1. The van der Waals surface area contributed by atoms with Crippen LogP contribution in [0.3, 0.4) is 0 Å². The molecule has 0 radical (unpaired) electrons. The number of nitrogens with zero attached hydrogens (tertiary/aromatic N) is 1. The third-order valence-corrected chi connectivity index (χ3v) is 2.98. The van der Waals surface area contributed by atoms with E-state index in [1.807, 2.05) is 6.08 Å². The number of hydrogen-bond donors (Lipinski definition) is 2. The van der Waals surface area contributed by atoms with Crippen LogP contribution in [0.1, 0.15) is 26.3 Å². The third kappa shape index (κ3) is 3.75. The van der Waals surface area contributed by atoms with Crippen LogP contribution in [0, 0.1) is 5.41 Å². The first-order valence-corrected chi connectivity index (χ1v) is 6.52. The van der Waals surface area contributed by atoms with E-state index in [9.17, 15) is 4.79 Å². The van der Waals surface area contributed by atoms with E-state index in [0.29, 0.717) is 23.5 Å². The lowest BCUT2D eigenvalue weighted by Gasteiger charge is -2.08. The first-order chi connectivity index (χ1) is 9.69. The summed E-state index contributed by atoms with van der Waals surface area (Å²) in [4.78, 5) is 16.0. The molecule has 4 nitrogen and oxygen atoms in total. The van der Waals surface area contributed by atoms with Gasteiger partial charge in [0.15, 0.2) is 0 Å². The molecule has 104 valence electrons. The molecule has 1 aliphatic carbocycles. The SMILES string of the molecule is C=CC(=N)c1ccc(NC(=O)CC2=CCCC=C2)nc1.[HH]. The van der Waals surface area contributed by atoms with Crippen molar-refractivity contribution in [2.24, 2.45) is 0 Å². The topological polar surface area (TPSA) is 65.8 Å². The molecule has 1 aromatic rings. The van der Waals surface area contributed by atoms with Gasteiger partial charge in [0.2, 0.25) is 5.91 Å². The zero-order chi connectivity index (χ0) is 14.4. The maximum absolute atomic E-state index is 11.9. The summed E-state index contributed by atoms with van der Waals surface area (Å²) in [6.07, 6.45) is 11.6. The van der Waals surface area contributed by atoms with E-state index in [1.165, 1.54) is 6.08 Å². The largest absolute Gasteiger partial charge is 0.310 e. The molecule has 0 atom stereocenters. The van der Waals surface area contributed by atoms with Crippen LogP contribution in [0.4, 0.5) is 5.82 Å². The molecular weight excluding hydrogens is 250 g/mol. The van der Waals surface area contributed by atoms with E-state index in [-0.39, 0.29) is 7.33 Å². The van der Waals surface area contributed by atoms with Gasteiger partial charge in [0.05, 0.1) is 12.1 Å². The zero-order valence-electron chi connectivity index (χ0n) is 11.2. The normalized spacial score (nSPS) is 13.5. The fourth-order valence-electron chi connectivity index (χ4n) is 1.92. The molecule has 1 aromatic heterocycles. The molecule has 0 unspecified atom stereocenters. The summed E-state index contributed by atoms with van der Waals surface area (Å²) in [7, 11) is 0. The van der Waals surface area contributed by atoms with Crippen molar-refractivity contribution in [2.45, 2.75) is 19.3 Å². The summed E-state index contributed by atoms with van der Waals surface area (Å²) in [6.45, 7) is 3.54. The van der Waals surface area contributed by atoms with Crippen molar-refractivity contribution in [1.29, 1.82) is 5.41 Å². The predicted molar refractivity (Wildman–Crippen MR) is 83.1 cm³/mol. The predicted octanol–water partition coefficient (Wildman–Crippen LogP) is 3.49. The van der Waals surface area contributed by atoms with Crippen LogP contribution >= 0.6 is 0 Å². The molecule has 1 aliphatic rings. The Balaban J connectivity index is 0.00000220. The number of anilines is 1. The molecule has 0 fully saturated rings. The number of pyridine rings is 1. The third-order valence-electron chi connectivity index (χ3n) is 2.98. The molecular formula is C16H19N3O. The van der Waals surface area contributed by atoms with Gasteiger partial charge < -0.3 is 10.7 Å². The minimum Gasteiger partial charge on any atom is -0.310 e. The standard InChI is InChI=1S/C16H17N3O.H2/c1-2-14(17)13-8-9-15(18-11-13)19-16(20)10-12-6-4-3-5-7-12;/h2,4,6-9,11,17H,1,3,5,10H2,(H,18,19,20);1H. The zero-order valence-corrected chi connectivity index (χ0v) is 11.2. The molecule has 0 bridgehead atoms. The summed E-state index contributed by atoms with van der Waals surface area (Å²) >= 11 is 0. The molecule has 0 spiro atoms. The Labute approximate surface area is 119 Å². The number of hydrogen-bond acceptors (Lipinski definition) is 3. The van der Waals surface area contributed by atoms with Crippen LogP contribution in [-0.2, 0) is 4.79 Å². The number of carbonyl (C=O) groups excluding carboxylic acids is 1. The van der Waals surface area contributed by atoms with E-state index >= 15 is 0 Å². The summed E-state index contributed by atoms with van der Waals surface area (Å²) in [5.74, 6) is 0.415. The highest BCUT2D eigenvalue weighted by molar-refractivity contribution is 6.06. The molecule has 4 heteroatoms. The van der Waals surface area contributed by atoms with Crippen molar-refractivity contribution in [1.82, 2.24) is 4.98 Å². The van der Waals surface area contributed by atoms with Gasteiger partial charge in [0.1, 0.15) is 5.82 Å². The van der Waals surface area contributed by atoms with Crippen LogP contribution in [-0.4, -0.2) is 16.6 Å². The second-order valence-electron chi connectivity index (χ2n) is 4.53. The van der Waals surface area contributed by atoms with E-state index in [1.54, 1.807) is 18.3 Å². The summed E-state index contributed by atoms with van der Waals surface area (Å²) < 4.78 is 0. The van der Waals surface area contributed by atoms with Gasteiger partial charge in [0, 0.05) is 13.2 Å². The van der Waals surface area contributed by atoms with Gasteiger partial charge in [-0.3, -0.25) is 4.79 Å². The quantitative estimate of drug-likeness (QED) is 0.803. The maximum Gasteiger partial charge on any atom is 0.229 e. The average Bonchev–Trinajstić information content (AvgIpc) is 2.48. The fourth-order valence-corrected chi connectivity index (χ4v) is 1.92. The Morgan fingerprint density at radius 2 is 2.35 bits per heavy atom. The molecule has 1 amide bonds. The van der Waals surface area contributed by atoms with Crippen LogP contribution in [0.15, 0.2) is 54.8 Å². The Kier molecular flexibility index (Phi) is 4.60. The van der Waals surface area contributed by atoms with Gasteiger partial charge in [-0.1, -0.05) is 24.8 Å². The van der Waals surface area contributed by atoms with Crippen LogP contribution in [0.5, 0.6) is 0 Å². The van der Waals surface area contributed by atoms with Crippen LogP contribution in [0.25, 0.3) is 0 Å². The number of amides is 1. The van der Waals surface area contributed by atoms with Crippen molar-refractivity contribution in [3.05, 3.63) is 60.3 Å². The Morgan fingerprint density at radius 1 is 1.50 bits per heavy atom. The number of rotatable bonds is 5. The van der Waals surface area contributed by atoms with Crippen LogP contribution in [0.2, 0.25) is 0 Å². The van der Waals surface area contributed by atoms with E-state index in [4.69, 9.17) is 5.41 Å². The molecule has 0 aromatic carbocycles. The minimum absolute atomic E-state index is 0. The van der Waals surface area contributed by atoms with Crippen molar-refractivity contribution in [3.8, 4) is 0 Å². The molecule has 0 aliphatic heterocycles. The van der Waals surface area contributed by atoms with Crippen molar-refractivity contribution >= 4 is 17.4 Å². The highest BCUT2D eigenvalue weighted by Crippen LogP contribution is 2.14. The average molecular weight is 269 g/mol. The second kappa shape index (κ2) is 6.61. The Bertz CT molecular complexity index is 588. The van der Waals surface area contributed by atoms with Crippen molar-refractivity contribution in [2.75, 3.05) is 5.32 Å². The maximum atomic E-state index is 11.9. The summed E-state index contributed by atoms with van der Waals surface area (Å²) in [6, 6.07) is 3.43. The van der Waals surface area contributed by atoms with E-state index < -0.39 is 0 Å². The fraction of sp³-hybridized carbons (Fsp3) is 0.188. The molecule has 20 heavy (non-hydrogen) atoms. The van der Waals surface area contributed by atoms with Crippen molar-refractivity contribution < 1.29 is 6.22 Å². The Morgan fingerprint density at radius 3 is 2.95 bits per heavy atom. The van der Waals surface area contributed by atoms with Gasteiger partial charge in [-0.25, -0.2) is 4.98 Å². The minimum atomic E-state index is -0.0816. The van der Waals surface area contributed by atoms with Crippen LogP contribution < -0.4 is 5.32 Å². The lowest BCUT2D eigenvalue weighted by molar-refractivity contribution is -0.115. The van der Waals surface area contributed by atoms with Gasteiger partial charge in [-0.2, -0.15) is 0 Å². The first kappa shape index (κ1) is 13.9. The van der Waals surface area contributed by atoms with Crippen molar-refractivity contribution in [3.63, 3.8) is 0 Å². The first-order valence-electron chi connectivity index (χ1n) is 6.52. The molecule has 0 saturated heterocycles. The molecule has 1 heterocycles. The van der Waals surface area contributed by atoms with Gasteiger partial charge in [-0.15, -0.1) is 0 Å². The van der Waals surface area contributed by atoms with E-state index in [0.717, 1.165) is 18.4 Å². The molecule has 2 N–H and O–H groups in total. The smallest absolute Gasteiger partial charge is 0.229 e.